The van der Waals surface area contributed by atoms with Crippen molar-refractivity contribution in [3.8, 4) is 0 Å². The largest absolute Gasteiger partial charge is 0.466 e. The molecule has 0 saturated carbocycles. The van der Waals surface area contributed by atoms with Gasteiger partial charge in [0.25, 0.3) is 0 Å². The molecule has 2 aromatic carbocycles. The number of carbonyl (C=O) groups excluding carboxylic acids is 2. The van der Waals surface area contributed by atoms with E-state index in [-0.39, 0.29) is 13.2 Å². The summed E-state index contributed by atoms with van der Waals surface area (Å²) < 4.78 is 33.7. The van der Waals surface area contributed by atoms with Crippen LogP contribution in [0, 0.1) is 0 Å². The van der Waals surface area contributed by atoms with Gasteiger partial charge in [0.2, 0.25) is 0 Å². The average Bonchev–Trinajstić information content (AvgIpc) is 2.75. The average molecular weight is 404 g/mol. The monoisotopic (exact) mass is 404 g/mol. The molecule has 8 heteroatoms. The fourth-order valence-electron chi connectivity index (χ4n) is 2.17. The topological polar surface area (TPSA) is 88.1 Å². The highest BCUT2D eigenvalue weighted by Gasteiger charge is 2.37. The molecule has 0 atom stereocenters. The summed E-state index contributed by atoms with van der Waals surface area (Å²) in [6.45, 7) is -0.190. The molecule has 0 unspecified atom stereocenters. The van der Waals surface area contributed by atoms with Crippen LogP contribution in [-0.2, 0) is 45.9 Å². The molecule has 0 aromatic heterocycles. The number of hydrogen-bond donors (Lipinski definition) is 0. The highest BCUT2D eigenvalue weighted by molar-refractivity contribution is 7.60. The Kier molecular flexibility index (Phi) is 8.14. The molecule has 2 aromatic rings. The molecule has 0 aliphatic heterocycles. The first-order chi connectivity index (χ1) is 13.5. The van der Waals surface area contributed by atoms with Crippen molar-refractivity contribution >= 4 is 19.5 Å². The maximum absolute atomic E-state index is 13.5. The van der Waals surface area contributed by atoms with Gasteiger partial charge < -0.3 is 18.5 Å². The standard InChI is InChI=1S/C20H21O7P/c1-24-19(21)13-18(20(22)25-2)28(23,26-14-16-9-5-3-6-10-16)27-15-17-11-7-4-8-12-17/h3-13H,14-15H2,1-2H3/b18-13+. The van der Waals surface area contributed by atoms with Crippen molar-refractivity contribution in [1.82, 2.24) is 0 Å². The Bertz CT molecular complexity index is 815. The Labute approximate surface area is 163 Å². The van der Waals surface area contributed by atoms with Gasteiger partial charge in [-0.1, -0.05) is 60.7 Å². The second kappa shape index (κ2) is 10.6. The van der Waals surface area contributed by atoms with E-state index in [1.54, 1.807) is 48.5 Å². The molecule has 0 fully saturated rings. The van der Waals surface area contributed by atoms with Crippen LogP contribution in [0.2, 0.25) is 0 Å². The Morgan fingerprint density at radius 3 is 1.68 bits per heavy atom. The second-order valence-electron chi connectivity index (χ2n) is 5.56. The van der Waals surface area contributed by atoms with Crippen molar-refractivity contribution in [3.05, 3.63) is 83.2 Å². The molecule has 0 aliphatic carbocycles. The minimum Gasteiger partial charge on any atom is -0.466 e. The van der Waals surface area contributed by atoms with Crippen LogP contribution in [-0.4, -0.2) is 26.2 Å². The minimum absolute atomic E-state index is 0.0948. The van der Waals surface area contributed by atoms with E-state index in [1.165, 1.54) is 0 Å². The van der Waals surface area contributed by atoms with Gasteiger partial charge in [0.15, 0.2) is 5.31 Å². The van der Waals surface area contributed by atoms with Crippen LogP contribution in [0.4, 0.5) is 0 Å². The van der Waals surface area contributed by atoms with Gasteiger partial charge in [-0.05, 0) is 11.1 Å². The molecule has 0 bridgehead atoms. The predicted molar refractivity (Wildman–Crippen MR) is 102 cm³/mol. The van der Waals surface area contributed by atoms with E-state index < -0.39 is 24.8 Å². The molecule has 2 rings (SSSR count). The summed E-state index contributed by atoms with van der Waals surface area (Å²) in [6, 6.07) is 17.9. The molecule has 28 heavy (non-hydrogen) atoms. The van der Waals surface area contributed by atoms with E-state index in [0.717, 1.165) is 20.3 Å². The first-order valence-electron chi connectivity index (χ1n) is 8.34. The van der Waals surface area contributed by atoms with Crippen LogP contribution >= 0.6 is 7.60 Å². The van der Waals surface area contributed by atoms with Crippen LogP contribution in [0.1, 0.15) is 11.1 Å². The summed E-state index contributed by atoms with van der Waals surface area (Å²) >= 11 is 0. The maximum atomic E-state index is 13.5. The zero-order chi connectivity index (χ0) is 20.4. The van der Waals surface area contributed by atoms with Crippen molar-refractivity contribution in [3.63, 3.8) is 0 Å². The first kappa shape index (κ1) is 21.6. The fraction of sp³-hybridized carbons (Fsp3) is 0.200. The van der Waals surface area contributed by atoms with E-state index in [1.807, 2.05) is 12.1 Å². The van der Waals surface area contributed by atoms with E-state index in [4.69, 9.17) is 9.05 Å². The second-order valence-corrected chi connectivity index (χ2v) is 7.55. The van der Waals surface area contributed by atoms with E-state index in [2.05, 4.69) is 9.47 Å². The zero-order valence-corrected chi connectivity index (χ0v) is 16.5. The van der Waals surface area contributed by atoms with Crippen molar-refractivity contribution in [2.24, 2.45) is 0 Å². The van der Waals surface area contributed by atoms with Gasteiger partial charge in [-0.15, -0.1) is 0 Å². The summed E-state index contributed by atoms with van der Waals surface area (Å²) in [5, 5.41) is -0.534. The lowest BCUT2D eigenvalue weighted by molar-refractivity contribution is -0.138. The molecule has 148 valence electrons. The van der Waals surface area contributed by atoms with Crippen LogP contribution in [0.5, 0.6) is 0 Å². The van der Waals surface area contributed by atoms with Gasteiger partial charge in [-0.3, -0.25) is 4.57 Å². The van der Waals surface area contributed by atoms with Crippen LogP contribution < -0.4 is 0 Å². The lowest BCUT2D eigenvalue weighted by atomic mass is 10.2. The Morgan fingerprint density at radius 1 is 0.821 bits per heavy atom. The number of carbonyl (C=O) groups is 2. The Hall–Kier alpha value is -2.73. The molecule has 7 nitrogen and oxygen atoms in total. The van der Waals surface area contributed by atoms with Gasteiger partial charge in [-0.2, -0.15) is 0 Å². The number of methoxy groups -OCH3 is 2. The summed E-state index contributed by atoms with van der Waals surface area (Å²) in [7, 11) is -1.98. The van der Waals surface area contributed by atoms with E-state index in [9.17, 15) is 14.2 Å². The molecule has 0 spiro atoms. The van der Waals surface area contributed by atoms with Crippen LogP contribution in [0.15, 0.2) is 72.1 Å². The summed E-state index contributed by atoms with van der Waals surface area (Å²) in [5.41, 5.74) is 1.43. The summed E-state index contributed by atoms with van der Waals surface area (Å²) in [4.78, 5) is 23.9. The zero-order valence-electron chi connectivity index (χ0n) is 15.6. The molecule has 0 amide bonds. The molecule has 0 aliphatic rings. The third kappa shape index (κ3) is 6.16. The van der Waals surface area contributed by atoms with Crippen molar-refractivity contribution < 1.29 is 32.7 Å². The van der Waals surface area contributed by atoms with Gasteiger partial charge in [0, 0.05) is 6.08 Å². The molecule has 0 heterocycles. The lowest BCUT2D eigenvalue weighted by Crippen LogP contribution is -2.12. The van der Waals surface area contributed by atoms with Gasteiger partial charge in [-0.25, -0.2) is 9.59 Å². The third-order valence-corrected chi connectivity index (χ3v) is 5.47. The Morgan fingerprint density at radius 2 is 1.29 bits per heavy atom. The highest BCUT2D eigenvalue weighted by Crippen LogP contribution is 2.57. The number of hydrogen-bond acceptors (Lipinski definition) is 7. The number of esters is 2. The molecule has 0 saturated heterocycles. The van der Waals surface area contributed by atoms with Gasteiger partial charge in [0.1, 0.15) is 0 Å². The molecule has 0 N–H and O–H groups in total. The Balaban J connectivity index is 2.33. The van der Waals surface area contributed by atoms with Crippen molar-refractivity contribution in [2.75, 3.05) is 14.2 Å². The minimum atomic E-state index is -4.21. The normalized spacial score (nSPS) is 11.7. The van der Waals surface area contributed by atoms with E-state index >= 15 is 0 Å². The van der Waals surface area contributed by atoms with Gasteiger partial charge in [0.05, 0.1) is 27.4 Å². The quantitative estimate of drug-likeness (QED) is 0.356. The van der Waals surface area contributed by atoms with Crippen molar-refractivity contribution in [1.29, 1.82) is 0 Å². The third-order valence-electron chi connectivity index (χ3n) is 3.63. The SMILES string of the molecule is COC(=O)/C=C(\C(=O)OC)P(=O)(OCc1ccccc1)OCc1ccccc1. The van der Waals surface area contributed by atoms with Crippen LogP contribution in [0.3, 0.4) is 0 Å². The number of rotatable bonds is 9. The van der Waals surface area contributed by atoms with Crippen LogP contribution in [0.25, 0.3) is 0 Å². The van der Waals surface area contributed by atoms with Crippen molar-refractivity contribution in [2.45, 2.75) is 13.2 Å². The molecule has 0 radical (unpaired) electrons. The first-order valence-corrected chi connectivity index (χ1v) is 9.88. The number of ether oxygens (including phenoxy) is 2. The smallest absolute Gasteiger partial charge is 0.369 e. The lowest BCUT2D eigenvalue weighted by Gasteiger charge is -2.20. The highest BCUT2D eigenvalue weighted by atomic mass is 31.2. The summed E-state index contributed by atoms with van der Waals surface area (Å²) in [6.07, 6.45) is 0.766. The summed E-state index contributed by atoms with van der Waals surface area (Å²) in [5.74, 6) is -1.89. The predicted octanol–water partition coefficient (Wildman–Crippen LogP) is 3.84. The molecular weight excluding hydrogens is 383 g/mol. The fourth-order valence-corrected chi connectivity index (χ4v) is 3.74. The van der Waals surface area contributed by atoms with Gasteiger partial charge >= 0.3 is 19.5 Å². The maximum Gasteiger partial charge on any atom is 0.369 e. The van der Waals surface area contributed by atoms with E-state index in [0.29, 0.717) is 11.1 Å². The molecular formula is C20H21O7P. The number of benzene rings is 2.